The first-order valence-corrected chi connectivity index (χ1v) is 10.9. The van der Waals surface area contributed by atoms with Gasteiger partial charge in [0.1, 0.15) is 0 Å². The van der Waals surface area contributed by atoms with E-state index in [1.54, 1.807) is 24.6 Å². The zero-order valence-corrected chi connectivity index (χ0v) is 21.0. The van der Waals surface area contributed by atoms with Crippen molar-refractivity contribution in [2.75, 3.05) is 7.05 Å². The van der Waals surface area contributed by atoms with Gasteiger partial charge in [-0.15, -0.1) is 12.8 Å². The van der Waals surface area contributed by atoms with Gasteiger partial charge in [0.2, 0.25) is 0 Å². The fourth-order valence-corrected chi connectivity index (χ4v) is 3.01. The molecule has 0 spiro atoms. The van der Waals surface area contributed by atoms with Gasteiger partial charge in [-0.25, -0.2) is 0 Å². The quantitative estimate of drug-likeness (QED) is 0.204. The Morgan fingerprint density at radius 1 is 1.26 bits per heavy atom. The van der Waals surface area contributed by atoms with Crippen LogP contribution in [0.1, 0.15) is 31.4 Å². The maximum atomic E-state index is 10.7. The molecule has 0 fully saturated rings. The fraction of sp³-hybridized carbons (Fsp3) is 0.172. The molecule has 178 valence electrons. The van der Waals surface area contributed by atoms with Gasteiger partial charge in [0, 0.05) is 25.0 Å². The Kier molecular flexibility index (Phi) is 15.7. The molecule has 0 bridgehead atoms. The molecule has 5 heteroatoms. The highest BCUT2D eigenvalue weighted by atomic mass is 35.5. The first-order valence-electron chi connectivity index (χ1n) is 10.6. The van der Waals surface area contributed by atoms with Crippen LogP contribution in [0.2, 0.25) is 5.02 Å². The largest absolute Gasteiger partial charge is 0.481 e. The molecule has 0 aliphatic carbocycles. The zero-order chi connectivity index (χ0) is 25.9. The van der Waals surface area contributed by atoms with E-state index in [9.17, 15) is 4.79 Å². The first-order chi connectivity index (χ1) is 16.3. The number of hydrogen-bond acceptors (Lipinski definition) is 3. The summed E-state index contributed by atoms with van der Waals surface area (Å²) in [5.74, 6) is -0.851. The summed E-state index contributed by atoms with van der Waals surface area (Å²) < 4.78 is 0. The predicted octanol–water partition coefficient (Wildman–Crippen LogP) is 7.08. The summed E-state index contributed by atoms with van der Waals surface area (Å²) in [6.45, 7) is 9.75. The highest BCUT2D eigenvalue weighted by molar-refractivity contribution is 6.32. The molecule has 0 unspecified atom stereocenters. The number of benzene rings is 1. The number of carbonyl (C=O) groups is 1. The second kappa shape index (κ2) is 17.7. The molecular weight excluding hydrogens is 444 g/mol. The number of aliphatic carboxylic acids is 1. The van der Waals surface area contributed by atoms with Gasteiger partial charge in [0.15, 0.2) is 0 Å². The van der Waals surface area contributed by atoms with Gasteiger partial charge in [0.25, 0.3) is 0 Å². The van der Waals surface area contributed by atoms with Crippen LogP contribution in [0.25, 0.3) is 5.70 Å². The number of carboxylic acid groups (broad SMARTS) is 1. The van der Waals surface area contributed by atoms with Crippen LogP contribution in [0.4, 0.5) is 0 Å². The number of aliphatic imine (C=N–C) groups is 1. The second-order valence-electron chi connectivity index (χ2n) is 6.90. The van der Waals surface area contributed by atoms with Gasteiger partial charge in [-0.2, -0.15) is 0 Å². The lowest BCUT2D eigenvalue weighted by atomic mass is 10.1. The second-order valence-corrected chi connectivity index (χ2v) is 7.31. The summed E-state index contributed by atoms with van der Waals surface area (Å²) in [4.78, 5) is 15.2. The molecular formula is C29H33ClN2O2. The van der Waals surface area contributed by atoms with Crippen LogP contribution in [-0.2, 0) is 4.79 Å². The van der Waals surface area contributed by atoms with Gasteiger partial charge in [-0.1, -0.05) is 72.8 Å². The normalized spacial score (nSPS) is 13.3. The lowest BCUT2D eigenvalue weighted by molar-refractivity contribution is -0.136. The SMILES string of the molecule is C#C.C=CC(/C=C/C=N/C(=C\NC)c1ccc(C)cc1Cl)=C\C=C(C)\C(\C=C/CC(=O)O)=C\C. The molecule has 0 aliphatic rings. The molecule has 34 heavy (non-hydrogen) atoms. The van der Waals surface area contributed by atoms with Crippen molar-refractivity contribution in [2.24, 2.45) is 4.99 Å². The Hall–Kier alpha value is -3.81. The van der Waals surface area contributed by atoms with E-state index in [-0.39, 0.29) is 6.42 Å². The van der Waals surface area contributed by atoms with Crippen molar-refractivity contribution in [1.82, 2.24) is 5.32 Å². The summed E-state index contributed by atoms with van der Waals surface area (Å²) in [6, 6.07) is 5.86. The number of rotatable bonds is 11. The Balaban J connectivity index is 0.00000529. The van der Waals surface area contributed by atoms with Crippen LogP contribution < -0.4 is 5.32 Å². The number of carboxylic acids is 1. The van der Waals surface area contributed by atoms with Crippen molar-refractivity contribution in [1.29, 1.82) is 0 Å². The molecule has 0 radical (unpaired) electrons. The van der Waals surface area contributed by atoms with Gasteiger partial charge < -0.3 is 10.4 Å². The molecule has 0 heterocycles. The minimum atomic E-state index is -0.851. The monoisotopic (exact) mass is 476 g/mol. The number of halogens is 1. The van der Waals surface area contributed by atoms with E-state index in [0.29, 0.717) is 5.02 Å². The van der Waals surface area contributed by atoms with E-state index >= 15 is 0 Å². The van der Waals surface area contributed by atoms with E-state index in [0.717, 1.165) is 33.5 Å². The van der Waals surface area contributed by atoms with Crippen molar-refractivity contribution < 1.29 is 9.90 Å². The predicted molar refractivity (Wildman–Crippen MR) is 148 cm³/mol. The minimum absolute atomic E-state index is 0.00176. The summed E-state index contributed by atoms with van der Waals surface area (Å²) in [5.41, 5.74) is 5.57. The molecule has 0 aliphatic heterocycles. The Bertz CT molecular complexity index is 1060. The van der Waals surface area contributed by atoms with Crippen LogP contribution in [0, 0.1) is 19.8 Å². The minimum Gasteiger partial charge on any atom is -0.481 e. The third kappa shape index (κ3) is 11.7. The lowest BCUT2D eigenvalue weighted by Crippen LogP contribution is -1.96. The van der Waals surface area contributed by atoms with Gasteiger partial charge >= 0.3 is 5.97 Å². The van der Waals surface area contributed by atoms with E-state index in [1.807, 2.05) is 82.5 Å². The summed E-state index contributed by atoms with van der Waals surface area (Å²) in [5, 5.41) is 12.4. The summed E-state index contributed by atoms with van der Waals surface area (Å²) in [7, 11) is 1.82. The number of nitrogens with zero attached hydrogens (tertiary/aromatic N) is 1. The Morgan fingerprint density at radius 3 is 2.53 bits per heavy atom. The first kappa shape index (κ1) is 30.2. The average molecular weight is 477 g/mol. The number of hydrogen-bond donors (Lipinski definition) is 2. The van der Waals surface area contributed by atoms with Crippen molar-refractivity contribution in [3.63, 3.8) is 0 Å². The summed E-state index contributed by atoms with van der Waals surface area (Å²) in [6.07, 6.45) is 26.3. The van der Waals surface area contributed by atoms with E-state index in [2.05, 4.69) is 29.7 Å². The van der Waals surface area contributed by atoms with E-state index < -0.39 is 5.97 Å². The highest BCUT2D eigenvalue weighted by Crippen LogP contribution is 2.25. The van der Waals surface area contributed by atoms with Crippen LogP contribution >= 0.6 is 11.6 Å². The van der Waals surface area contributed by atoms with Crippen molar-refractivity contribution in [2.45, 2.75) is 27.2 Å². The third-order valence-corrected chi connectivity index (χ3v) is 4.70. The molecule has 4 nitrogen and oxygen atoms in total. The average Bonchev–Trinajstić information content (AvgIpc) is 2.81. The van der Waals surface area contributed by atoms with Crippen molar-refractivity contribution in [3.8, 4) is 12.8 Å². The smallest absolute Gasteiger partial charge is 0.307 e. The van der Waals surface area contributed by atoms with Gasteiger partial charge in [-0.05, 0) is 55.2 Å². The molecule has 1 rings (SSSR count). The number of aryl methyl sites for hydroxylation is 1. The van der Waals surface area contributed by atoms with Crippen LogP contribution in [0.5, 0.6) is 0 Å². The van der Waals surface area contributed by atoms with E-state index in [1.165, 1.54) is 0 Å². The maximum absolute atomic E-state index is 10.7. The molecule has 0 aromatic heterocycles. The lowest BCUT2D eigenvalue weighted by Gasteiger charge is -2.06. The Labute approximate surface area is 209 Å². The third-order valence-electron chi connectivity index (χ3n) is 4.39. The van der Waals surface area contributed by atoms with E-state index in [4.69, 9.17) is 16.7 Å². The molecule has 0 saturated carbocycles. The summed E-state index contributed by atoms with van der Waals surface area (Å²) >= 11 is 6.37. The van der Waals surface area contributed by atoms with Crippen LogP contribution in [0.3, 0.4) is 0 Å². The van der Waals surface area contributed by atoms with Gasteiger partial charge in [0.05, 0.1) is 17.1 Å². The van der Waals surface area contributed by atoms with Crippen molar-refractivity contribution >= 4 is 29.5 Å². The zero-order valence-electron chi connectivity index (χ0n) is 20.3. The number of terminal acetylenes is 1. The van der Waals surface area contributed by atoms with Crippen molar-refractivity contribution in [3.05, 3.63) is 112 Å². The molecule has 1 aromatic rings. The molecule has 0 amide bonds. The molecule has 0 atom stereocenters. The Morgan fingerprint density at radius 2 is 1.97 bits per heavy atom. The maximum Gasteiger partial charge on any atom is 0.307 e. The topological polar surface area (TPSA) is 61.7 Å². The van der Waals surface area contributed by atoms with Gasteiger partial charge in [-0.3, -0.25) is 9.79 Å². The highest BCUT2D eigenvalue weighted by Gasteiger charge is 2.05. The number of allylic oxidation sites excluding steroid dienone is 10. The standard InChI is InChI=1S/C27H31ClN2O2.C2H2/c1-6-22(15-14-21(4)23(7-2)11-8-12-27(31)32)10-9-17-30-26(19-29-5)24-16-13-20(3)18-25(24)28;1-2/h6-11,13-19,29H,1,12H2,2-5H3,(H,31,32);1-2H/b10-9+,11-8-,21-14+,22-15+,23-7+,26-19-,30-17+;. The number of nitrogens with one attached hydrogen (secondary N) is 1. The molecule has 0 saturated heterocycles. The van der Waals surface area contributed by atoms with Crippen LogP contribution in [-0.4, -0.2) is 24.3 Å². The molecule has 2 N–H and O–H groups in total. The fourth-order valence-electron chi connectivity index (χ4n) is 2.68. The van der Waals surface area contributed by atoms with Crippen LogP contribution in [0.15, 0.2) is 101 Å². The molecule has 1 aromatic carbocycles.